The largest absolute Gasteiger partial charge is 0.324 e. The van der Waals surface area contributed by atoms with Crippen LogP contribution in [0, 0.1) is 37.5 Å². The van der Waals surface area contributed by atoms with Crippen LogP contribution in [-0.2, 0) is 20.8 Å². The average molecular weight is 417 g/mol. The first-order valence-electron chi connectivity index (χ1n) is 11.2. The van der Waals surface area contributed by atoms with Gasteiger partial charge in [0.2, 0.25) is 17.7 Å². The number of nitrogens with one attached hydrogen (secondary N) is 1. The number of nitrogens with zero attached hydrogens (tertiary/aromatic N) is 1. The second-order valence-corrected chi connectivity index (χ2v) is 9.43. The maximum absolute atomic E-state index is 13.4. The van der Waals surface area contributed by atoms with Crippen molar-refractivity contribution in [3.63, 3.8) is 0 Å². The molecule has 2 aromatic carbocycles. The number of carbonyl (C=O) groups is 3. The summed E-state index contributed by atoms with van der Waals surface area (Å²) in [4.78, 5) is 41.5. The monoisotopic (exact) mass is 416 g/mol. The first-order valence-corrected chi connectivity index (χ1v) is 11.2. The predicted octanol–water partition coefficient (Wildman–Crippen LogP) is 3.88. The molecule has 1 heterocycles. The minimum absolute atomic E-state index is 0.140. The summed E-state index contributed by atoms with van der Waals surface area (Å²) in [7, 11) is 0. The van der Waals surface area contributed by atoms with Crippen molar-refractivity contribution in [3.8, 4) is 0 Å². The highest BCUT2D eigenvalue weighted by Crippen LogP contribution is 2.56. The van der Waals surface area contributed by atoms with E-state index in [0.717, 1.165) is 36.0 Å². The van der Waals surface area contributed by atoms with Gasteiger partial charge in [0.25, 0.3) is 0 Å². The van der Waals surface area contributed by atoms with Crippen LogP contribution in [0.2, 0.25) is 0 Å². The van der Waals surface area contributed by atoms with Gasteiger partial charge >= 0.3 is 0 Å². The highest BCUT2D eigenvalue weighted by atomic mass is 16.2. The maximum atomic E-state index is 13.4. The van der Waals surface area contributed by atoms with Gasteiger partial charge < -0.3 is 5.32 Å². The normalized spacial score (nSPS) is 27.5. The Bertz CT molecular complexity index is 1020. The third-order valence-electron chi connectivity index (χ3n) is 7.62. The Hall–Kier alpha value is -2.95. The van der Waals surface area contributed by atoms with Crippen LogP contribution in [0.25, 0.3) is 0 Å². The van der Waals surface area contributed by atoms with Crippen molar-refractivity contribution in [1.82, 2.24) is 4.90 Å². The number of imide groups is 1. The molecule has 1 N–H and O–H groups in total. The fourth-order valence-corrected chi connectivity index (χ4v) is 5.92. The number of likely N-dealkylation sites (tertiary alicyclic amines) is 1. The predicted molar refractivity (Wildman–Crippen MR) is 118 cm³/mol. The average Bonchev–Trinajstić information content (AvgIpc) is 3.44. The van der Waals surface area contributed by atoms with Gasteiger partial charge in [-0.2, -0.15) is 0 Å². The van der Waals surface area contributed by atoms with Crippen molar-refractivity contribution >= 4 is 23.4 Å². The lowest BCUT2D eigenvalue weighted by atomic mass is 9.81. The van der Waals surface area contributed by atoms with E-state index in [-0.39, 0.29) is 29.6 Å². The van der Waals surface area contributed by atoms with Gasteiger partial charge in [-0.3, -0.25) is 19.3 Å². The highest BCUT2D eigenvalue weighted by molar-refractivity contribution is 6.10. The minimum Gasteiger partial charge on any atom is -0.324 e. The molecule has 2 aliphatic carbocycles. The van der Waals surface area contributed by atoms with Crippen molar-refractivity contribution < 1.29 is 14.4 Å². The van der Waals surface area contributed by atoms with E-state index in [0.29, 0.717) is 23.9 Å². The van der Waals surface area contributed by atoms with E-state index < -0.39 is 6.04 Å². The van der Waals surface area contributed by atoms with Crippen LogP contribution in [0.4, 0.5) is 5.69 Å². The summed E-state index contributed by atoms with van der Waals surface area (Å²) in [5.74, 6) is -0.427. The summed E-state index contributed by atoms with van der Waals surface area (Å²) >= 11 is 0. The third-order valence-corrected chi connectivity index (χ3v) is 7.62. The maximum Gasteiger partial charge on any atom is 0.248 e. The highest BCUT2D eigenvalue weighted by Gasteiger charge is 2.62. The van der Waals surface area contributed by atoms with E-state index in [1.54, 1.807) is 0 Å². The molecule has 0 spiro atoms. The van der Waals surface area contributed by atoms with E-state index in [1.807, 2.05) is 62.4 Å². The van der Waals surface area contributed by atoms with Crippen molar-refractivity contribution in [2.24, 2.45) is 23.7 Å². The lowest BCUT2D eigenvalue weighted by Crippen LogP contribution is -2.49. The Morgan fingerprint density at radius 2 is 1.61 bits per heavy atom. The molecule has 1 saturated heterocycles. The summed E-state index contributed by atoms with van der Waals surface area (Å²) in [6.07, 6.45) is 3.36. The topological polar surface area (TPSA) is 66.5 Å². The van der Waals surface area contributed by atoms with Gasteiger partial charge in [0, 0.05) is 12.1 Å². The van der Waals surface area contributed by atoms with Crippen LogP contribution in [0.3, 0.4) is 0 Å². The molecule has 0 radical (unpaired) electrons. The van der Waals surface area contributed by atoms with Crippen LogP contribution < -0.4 is 5.32 Å². The summed E-state index contributed by atoms with van der Waals surface area (Å²) in [6.45, 7) is 4.02. The van der Waals surface area contributed by atoms with Crippen molar-refractivity contribution in [2.75, 3.05) is 5.32 Å². The van der Waals surface area contributed by atoms with Crippen molar-refractivity contribution in [2.45, 2.75) is 45.6 Å². The summed E-state index contributed by atoms with van der Waals surface area (Å²) in [5, 5.41) is 2.97. The lowest BCUT2D eigenvalue weighted by molar-refractivity contribution is -0.147. The molecular weight excluding hydrogens is 388 g/mol. The molecular formula is C26H28N2O3. The van der Waals surface area contributed by atoms with Gasteiger partial charge in [-0.1, -0.05) is 36.4 Å². The molecule has 3 aliphatic rings. The summed E-state index contributed by atoms with van der Waals surface area (Å²) < 4.78 is 0. The Morgan fingerprint density at radius 1 is 0.968 bits per heavy atom. The molecule has 5 nitrogen and oxygen atoms in total. The minimum atomic E-state index is -0.839. The number of rotatable bonds is 5. The van der Waals surface area contributed by atoms with Crippen LogP contribution in [-0.4, -0.2) is 28.7 Å². The molecule has 2 saturated carbocycles. The Morgan fingerprint density at radius 3 is 2.23 bits per heavy atom. The van der Waals surface area contributed by atoms with E-state index in [9.17, 15) is 14.4 Å². The molecule has 2 bridgehead atoms. The molecule has 2 aromatic rings. The molecule has 0 aromatic heterocycles. The lowest BCUT2D eigenvalue weighted by Gasteiger charge is -2.27. The van der Waals surface area contributed by atoms with Crippen LogP contribution in [0.1, 0.15) is 36.0 Å². The fraction of sp³-hybridized carbons (Fsp3) is 0.423. The van der Waals surface area contributed by atoms with Crippen LogP contribution >= 0.6 is 0 Å². The number of aryl methyl sites for hydroxylation is 2. The molecule has 5 atom stereocenters. The SMILES string of the molecule is Cc1ccc(NC(=O)[C@@H](Cc2ccccc2)N2C(=O)[C@H]3[C@@H]4CC[C@H](C4)[C@@H]3C2=O)cc1C. The number of amides is 3. The Kier molecular flexibility index (Phi) is 4.92. The van der Waals surface area contributed by atoms with Gasteiger partial charge in [0.15, 0.2) is 0 Å². The van der Waals surface area contributed by atoms with Crippen molar-refractivity contribution in [3.05, 3.63) is 65.2 Å². The number of hydrogen-bond acceptors (Lipinski definition) is 3. The quantitative estimate of drug-likeness (QED) is 0.752. The number of carbonyl (C=O) groups excluding carboxylic acids is 3. The number of hydrogen-bond donors (Lipinski definition) is 1. The Balaban J connectivity index is 1.45. The first kappa shape index (κ1) is 20.0. The first-order chi connectivity index (χ1) is 14.9. The second kappa shape index (κ2) is 7.63. The van der Waals surface area contributed by atoms with E-state index in [2.05, 4.69) is 5.32 Å². The zero-order chi connectivity index (χ0) is 21.7. The molecule has 0 unspecified atom stereocenters. The third kappa shape index (κ3) is 3.36. The van der Waals surface area contributed by atoms with Crippen molar-refractivity contribution in [1.29, 1.82) is 0 Å². The zero-order valence-corrected chi connectivity index (χ0v) is 18.0. The molecule has 5 heteroatoms. The summed E-state index contributed by atoms with van der Waals surface area (Å²) in [6, 6.07) is 14.5. The smallest absolute Gasteiger partial charge is 0.248 e. The molecule has 3 amide bonds. The van der Waals surface area contributed by atoms with E-state index in [4.69, 9.17) is 0 Å². The van der Waals surface area contributed by atoms with Gasteiger partial charge in [0.1, 0.15) is 6.04 Å². The second-order valence-electron chi connectivity index (χ2n) is 9.43. The van der Waals surface area contributed by atoms with Gasteiger partial charge in [-0.25, -0.2) is 0 Å². The molecule has 160 valence electrons. The van der Waals surface area contributed by atoms with Gasteiger partial charge in [-0.15, -0.1) is 0 Å². The number of anilines is 1. The van der Waals surface area contributed by atoms with E-state index in [1.165, 1.54) is 4.90 Å². The number of fused-ring (bicyclic) bond motifs is 5. The summed E-state index contributed by atoms with van der Waals surface area (Å²) in [5.41, 5.74) is 3.85. The van der Waals surface area contributed by atoms with Crippen LogP contribution in [0.15, 0.2) is 48.5 Å². The number of benzene rings is 2. The zero-order valence-electron chi connectivity index (χ0n) is 18.0. The standard InChI is InChI=1S/C26H28N2O3/c1-15-8-11-20(12-16(15)2)27-24(29)21(13-17-6-4-3-5-7-17)28-25(30)22-18-9-10-19(14-18)23(22)26(28)31/h3-8,11-12,18-19,21-23H,9-10,13-14H2,1-2H3,(H,27,29)/t18-,19-,21-,22+,23+/m1/s1. The van der Waals surface area contributed by atoms with E-state index >= 15 is 0 Å². The van der Waals surface area contributed by atoms with Gasteiger partial charge in [-0.05, 0) is 73.8 Å². The Labute approximate surface area is 182 Å². The van der Waals surface area contributed by atoms with Crippen LogP contribution in [0.5, 0.6) is 0 Å². The molecule has 3 fully saturated rings. The molecule has 31 heavy (non-hydrogen) atoms. The molecule has 5 rings (SSSR count). The fourth-order valence-electron chi connectivity index (χ4n) is 5.92. The molecule has 1 aliphatic heterocycles. The van der Waals surface area contributed by atoms with Gasteiger partial charge in [0.05, 0.1) is 11.8 Å².